The molecular weight excluding hydrogens is 358 g/mol. The van der Waals surface area contributed by atoms with Gasteiger partial charge in [0.1, 0.15) is 18.5 Å². The Morgan fingerprint density at radius 2 is 2.12 bits per heavy atom. The Kier molecular flexibility index (Phi) is 4.90. The van der Waals surface area contributed by atoms with E-state index in [2.05, 4.69) is 9.97 Å². The normalized spacial score (nSPS) is 17.6. The summed E-state index contributed by atoms with van der Waals surface area (Å²) in [6, 6.07) is 1.78. The molecule has 0 N–H and O–H groups in total. The number of nitrogens with zero attached hydrogens (tertiary/aromatic N) is 3. The molecule has 0 bridgehead atoms. The van der Waals surface area contributed by atoms with Gasteiger partial charge in [-0.05, 0) is 32.2 Å². The Morgan fingerprint density at radius 3 is 2.85 bits per heavy atom. The number of hydrogen-bond donors (Lipinski definition) is 0. The molecule has 0 spiro atoms. The van der Waals surface area contributed by atoms with Crippen molar-refractivity contribution >= 4 is 39.4 Å². The highest BCUT2D eigenvalue weighted by molar-refractivity contribution is 7.17. The van der Waals surface area contributed by atoms with Crippen LogP contribution in [0.4, 0.5) is 0 Å². The molecule has 8 nitrogen and oxygen atoms in total. The lowest BCUT2D eigenvalue weighted by Crippen LogP contribution is -2.38. The molecule has 0 aromatic carbocycles. The van der Waals surface area contributed by atoms with Crippen LogP contribution in [-0.2, 0) is 19.1 Å². The van der Waals surface area contributed by atoms with Gasteiger partial charge in [-0.2, -0.15) is 0 Å². The molecule has 3 heterocycles. The third kappa shape index (κ3) is 3.98. The number of hydrogen-bond acceptors (Lipinski definition) is 8. The Hall–Kier alpha value is -2.55. The highest BCUT2D eigenvalue weighted by Crippen LogP contribution is 2.23. The van der Waals surface area contributed by atoms with Crippen molar-refractivity contribution in [2.45, 2.75) is 38.9 Å². The second-order valence-electron chi connectivity index (χ2n) is 6.89. The van der Waals surface area contributed by atoms with Crippen molar-refractivity contribution in [3.63, 3.8) is 0 Å². The minimum atomic E-state index is -0.921. The molecule has 1 saturated heterocycles. The van der Waals surface area contributed by atoms with E-state index in [-0.39, 0.29) is 12.2 Å². The standard InChI is InChI=1S/C17H19N3O5S/c1-17(2,3)25-12(21)8-20-6-4-11(15(20)22)24-16(23)13-14-10(5-7-26-14)18-9-19-13/h5,7,9,11H,4,6,8H2,1-3H3. The van der Waals surface area contributed by atoms with Crippen molar-refractivity contribution in [2.24, 2.45) is 0 Å². The van der Waals surface area contributed by atoms with Crippen LogP contribution in [0.3, 0.4) is 0 Å². The molecule has 1 amide bonds. The van der Waals surface area contributed by atoms with Gasteiger partial charge in [0.15, 0.2) is 11.8 Å². The van der Waals surface area contributed by atoms with Crippen LogP contribution in [0.5, 0.6) is 0 Å². The zero-order valence-electron chi connectivity index (χ0n) is 14.7. The van der Waals surface area contributed by atoms with E-state index in [4.69, 9.17) is 9.47 Å². The third-order valence-electron chi connectivity index (χ3n) is 3.67. The topological polar surface area (TPSA) is 98.7 Å². The molecule has 9 heteroatoms. The van der Waals surface area contributed by atoms with E-state index in [1.807, 2.05) is 0 Å². The van der Waals surface area contributed by atoms with E-state index in [9.17, 15) is 14.4 Å². The zero-order valence-corrected chi connectivity index (χ0v) is 15.5. The minimum absolute atomic E-state index is 0.142. The molecule has 2 aromatic heterocycles. The molecule has 0 saturated carbocycles. The molecule has 1 fully saturated rings. The van der Waals surface area contributed by atoms with Crippen LogP contribution >= 0.6 is 11.3 Å². The van der Waals surface area contributed by atoms with Gasteiger partial charge in [-0.1, -0.05) is 0 Å². The number of rotatable bonds is 4. The highest BCUT2D eigenvalue weighted by Gasteiger charge is 2.37. The van der Waals surface area contributed by atoms with Gasteiger partial charge in [-0.25, -0.2) is 14.8 Å². The average Bonchev–Trinajstić information content (AvgIpc) is 3.14. The van der Waals surface area contributed by atoms with Crippen molar-refractivity contribution in [3.05, 3.63) is 23.5 Å². The molecule has 138 valence electrons. The fourth-order valence-electron chi connectivity index (χ4n) is 2.63. The Morgan fingerprint density at radius 1 is 1.35 bits per heavy atom. The Bertz CT molecular complexity index is 857. The molecule has 1 atom stereocenters. The van der Waals surface area contributed by atoms with Gasteiger partial charge in [-0.15, -0.1) is 11.3 Å². The average molecular weight is 377 g/mol. The van der Waals surface area contributed by atoms with Crippen LogP contribution in [0.2, 0.25) is 0 Å². The van der Waals surface area contributed by atoms with Gasteiger partial charge in [-0.3, -0.25) is 9.59 Å². The smallest absolute Gasteiger partial charge is 0.359 e. The number of thiophene rings is 1. The maximum absolute atomic E-state index is 12.4. The van der Waals surface area contributed by atoms with Gasteiger partial charge in [0, 0.05) is 13.0 Å². The first-order chi connectivity index (χ1) is 12.2. The fourth-order valence-corrected chi connectivity index (χ4v) is 3.45. The SMILES string of the molecule is CC(C)(C)OC(=O)CN1CCC(OC(=O)c2ncnc3ccsc23)C1=O. The van der Waals surface area contributed by atoms with Gasteiger partial charge in [0.25, 0.3) is 5.91 Å². The van der Waals surface area contributed by atoms with Crippen molar-refractivity contribution in [3.8, 4) is 0 Å². The highest BCUT2D eigenvalue weighted by atomic mass is 32.1. The number of ether oxygens (including phenoxy) is 2. The predicted molar refractivity (Wildman–Crippen MR) is 93.7 cm³/mol. The van der Waals surface area contributed by atoms with E-state index in [1.54, 1.807) is 32.2 Å². The molecule has 1 aliphatic rings. The summed E-state index contributed by atoms with van der Waals surface area (Å²) in [5.74, 6) is -1.56. The number of amides is 1. The molecular formula is C17H19N3O5S. The predicted octanol–water partition coefficient (Wildman–Crippen LogP) is 1.79. The van der Waals surface area contributed by atoms with Crippen LogP contribution in [0.1, 0.15) is 37.7 Å². The number of aromatic nitrogens is 2. The number of fused-ring (bicyclic) bond motifs is 1. The maximum Gasteiger partial charge on any atom is 0.359 e. The molecule has 0 aliphatic carbocycles. The second-order valence-corrected chi connectivity index (χ2v) is 7.80. The molecule has 3 rings (SSSR count). The van der Waals surface area contributed by atoms with E-state index < -0.39 is 29.6 Å². The van der Waals surface area contributed by atoms with Crippen LogP contribution in [0.25, 0.3) is 10.2 Å². The number of esters is 2. The van der Waals surface area contributed by atoms with E-state index in [0.717, 1.165) is 0 Å². The second kappa shape index (κ2) is 6.99. The summed E-state index contributed by atoms with van der Waals surface area (Å²) in [6.45, 7) is 5.44. The van der Waals surface area contributed by atoms with E-state index in [0.29, 0.717) is 23.2 Å². The molecule has 1 aliphatic heterocycles. The minimum Gasteiger partial charge on any atom is -0.459 e. The lowest BCUT2D eigenvalue weighted by molar-refractivity contribution is -0.158. The molecule has 2 aromatic rings. The summed E-state index contributed by atoms with van der Waals surface area (Å²) in [5.41, 5.74) is 0.176. The quantitative estimate of drug-likeness (QED) is 0.749. The van der Waals surface area contributed by atoms with E-state index >= 15 is 0 Å². The largest absolute Gasteiger partial charge is 0.459 e. The van der Waals surface area contributed by atoms with Crippen molar-refractivity contribution in [1.29, 1.82) is 0 Å². The molecule has 26 heavy (non-hydrogen) atoms. The van der Waals surface area contributed by atoms with Crippen molar-refractivity contribution < 1.29 is 23.9 Å². The monoisotopic (exact) mass is 377 g/mol. The van der Waals surface area contributed by atoms with Crippen LogP contribution in [-0.4, -0.2) is 57.5 Å². The van der Waals surface area contributed by atoms with Crippen molar-refractivity contribution in [1.82, 2.24) is 14.9 Å². The molecule has 0 radical (unpaired) electrons. The lowest BCUT2D eigenvalue weighted by Gasteiger charge is -2.22. The van der Waals surface area contributed by atoms with Crippen LogP contribution < -0.4 is 0 Å². The maximum atomic E-state index is 12.4. The molecule has 1 unspecified atom stereocenters. The summed E-state index contributed by atoms with van der Waals surface area (Å²) in [7, 11) is 0. The first kappa shape index (κ1) is 18.2. The third-order valence-corrected chi connectivity index (χ3v) is 4.58. The van der Waals surface area contributed by atoms with Crippen LogP contribution in [0, 0.1) is 0 Å². The first-order valence-electron chi connectivity index (χ1n) is 8.14. The van der Waals surface area contributed by atoms with E-state index in [1.165, 1.54) is 22.6 Å². The van der Waals surface area contributed by atoms with Gasteiger partial charge >= 0.3 is 11.9 Å². The van der Waals surface area contributed by atoms with Crippen LogP contribution in [0.15, 0.2) is 17.8 Å². The summed E-state index contributed by atoms with van der Waals surface area (Å²) in [6.07, 6.45) is 0.693. The van der Waals surface area contributed by atoms with Crippen molar-refractivity contribution in [2.75, 3.05) is 13.1 Å². The van der Waals surface area contributed by atoms with Gasteiger partial charge < -0.3 is 14.4 Å². The van der Waals surface area contributed by atoms with Gasteiger partial charge in [0.05, 0.1) is 10.2 Å². The first-order valence-corrected chi connectivity index (χ1v) is 9.02. The summed E-state index contributed by atoms with van der Waals surface area (Å²) in [4.78, 5) is 46.1. The number of carbonyl (C=O) groups is 3. The Balaban J connectivity index is 1.63. The lowest BCUT2D eigenvalue weighted by atomic mass is 10.2. The number of likely N-dealkylation sites (tertiary alicyclic amines) is 1. The number of carbonyl (C=O) groups excluding carboxylic acids is 3. The summed E-state index contributed by atoms with van der Waals surface area (Å²) >= 11 is 1.33. The zero-order chi connectivity index (χ0) is 18.9. The van der Waals surface area contributed by atoms with Gasteiger partial charge in [0.2, 0.25) is 0 Å². The fraction of sp³-hybridized carbons (Fsp3) is 0.471. The summed E-state index contributed by atoms with van der Waals surface area (Å²) in [5, 5.41) is 1.80. The Labute approximate surface area is 154 Å². The summed E-state index contributed by atoms with van der Waals surface area (Å²) < 4.78 is 11.2.